The fraction of sp³-hybridized carbons (Fsp3) is 0.0800. The maximum absolute atomic E-state index is 8.75. The maximum atomic E-state index is 8.75. The Morgan fingerprint density at radius 3 is 2.19 bits per heavy atom. The zero-order valence-electron chi connectivity index (χ0n) is 17.9. The van der Waals surface area contributed by atoms with Crippen LogP contribution in [0.15, 0.2) is 85.2 Å². The molecule has 0 spiro atoms. The Balaban J connectivity index is 1.57. The van der Waals surface area contributed by atoms with Crippen molar-refractivity contribution in [3.63, 3.8) is 0 Å². The van der Waals surface area contributed by atoms with E-state index in [2.05, 4.69) is 15.3 Å². The summed E-state index contributed by atoms with van der Waals surface area (Å²) in [6.45, 7) is 0. The molecule has 7 heteroatoms. The molecule has 0 bridgehead atoms. The van der Waals surface area contributed by atoms with Gasteiger partial charge in [-0.3, -0.25) is 5.41 Å². The minimum Gasteiger partial charge on any atom is -0.457 e. The Labute approximate surface area is 187 Å². The van der Waals surface area contributed by atoms with E-state index in [1.165, 1.54) is 6.33 Å². The van der Waals surface area contributed by atoms with Gasteiger partial charge in [-0.05, 0) is 60.7 Å². The number of nitrogen functional groups attached to an aromatic ring is 1. The standard InChI is InChI=1S/C25H24N6O/c1-31(2)19-12-10-18(11-13-19)30-25-22(24(27)28-16-29-25)23(26)17-8-14-21(15-9-17)32-20-6-4-3-5-7-20/h3-16,26H,1-2H3,(H3,27,28,29,30). The van der Waals surface area contributed by atoms with Crippen molar-refractivity contribution in [3.05, 3.63) is 96.3 Å². The predicted octanol–water partition coefficient (Wildman–Crippen LogP) is 5.08. The first-order chi connectivity index (χ1) is 15.5. The average molecular weight is 425 g/mol. The Kier molecular flexibility index (Phi) is 5.98. The molecule has 160 valence electrons. The highest BCUT2D eigenvalue weighted by Crippen LogP contribution is 2.27. The molecule has 0 aliphatic carbocycles. The molecule has 1 aromatic heterocycles. The SMILES string of the molecule is CN(C)c1ccc(Nc2ncnc(N)c2C(=N)c2ccc(Oc3ccccc3)cc2)cc1. The number of nitrogens with two attached hydrogens (primary N) is 1. The third-order valence-electron chi connectivity index (χ3n) is 4.89. The van der Waals surface area contributed by atoms with E-state index in [1.807, 2.05) is 97.9 Å². The minimum absolute atomic E-state index is 0.224. The molecule has 0 amide bonds. The van der Waals surface area contributed by atoms with Gasteiger partial charge in [-0.15, -0.1) is 0 Å². The molecule has 3 aromatic carbocycles. The third kappa shape index (κ3) is 4.67. The number of benzene rings is 3. The number of nitrogens with zero attached hydrogens (tertiary/aromatic N) is 3. The van der Waals surface area contributed by atoms with Crippen LogP contribution in [0.25, 0.3) is 0 Å². The van der Waals surface area contributed by atoms with E-state index in [-0.39, 0.29) is 11.5 Å². The monoisotopic (exact) mass is 424 g/mol. The Bertz CT molecular complexity index is 1210. The molecule has 32 heavy (non-hydrogen) atoms. The van der Waals surface area contributed by atoms with Crippen molar-refractivity contribution in [2.45, 2.75) is 0 Å². The van der Waals surface area contributed by atoms with E-state index in [9.17, 15) is 0 Å². The van der Waals surface area contributed by atoms with Crippen LogP contribution in [0, 0.1) is 5.41 Å². The van der Waals surface area contributed by atoms with Gasteiger partial charge in [-0.2, -0.15) is 0 Å². The first kappa shape index (κ1) is 20.9. The lowest BCUT2D eigenvalue weighted by atomic mass is 10.0. The number of hydrogen-bond donors (Lipinski definition) is 3. The summed E-state index contributed by atoms with van der Waals surface area (Å²) in [5.41, 5.74) is 9.42. The summed E-state index contributed by atoms with van der Waals surface area (Å²) in [6, 6.07) is 24.8. The number of ether oxygens (including phenoxy) is 1. The minimum atomic E-state index is 0.224. The van der Waals surface area contributed by atoms with Crippen LogP contribution in [-0.2, 0) is 0 Å². The van der Waals surface area contributed by atoms with Gasteiger partial charge in [0.25, 0.3) is 0 Å². The van der Waals surface area contributed by atoms with Crippen molar-refractivity contribution < 1.29 is 4.74 Å². The van der Waals surface area contributed by atoms with Gasteiger partial charge in [-0.25, -0.2) is 9.97 Å². The van der Waals surface area contributed by atoms with Crippen molar-refractivity contribution in [1.82, 2.24) is 9.97 Å². The van der Waals surface area contributed by atoms with Gasteiger partial charge >= 0.3 is 0 Å². The fourth-order valence-electron chi connectivity index (χ4n) is 3.18. The fourth-order valence-corrected chi connectivity index (χ4v) is 3.18. The predicted molar refractivity (Wildman–Crippen MR) is 129 cm³/mol. The summed E-state index contributed by atoms with van der Waals surface area (Å²) in [6.07, 6.45) is 1.39. The number of aromatic nitrogens is 2. The lowest BCUT2D eigenvalue weighted by Gasteiger charge is -2.16. The first-order valence-corrected chi connectivity index (χ1v) is 10.1. The second-order valence-electron chi connectivity index (χ2n) is 7.36. The summed E-state index contributed by atoms with van der Waals surface area (Å²) in [5, 5.41) is 12.0. The summed E-state index contributed by atoms with van der Waals surface area (Å²) < 4.78 is 5.84. The summed E-state index contributed by atoms with van der Waals surface area (Å²) in [4.78, 5) is 10.5. The van der Waals surface area contributed by atoms with Crippen LogP contribution in [0.4, 0.5) is 23.0 Å². The van der Waals surface area contributed by atoms with Gasteiger partial charge in [0, 0.05) is 31.0 Å². The van der Waals surface area contributed by atoms with E-state index in [1.54, 1.807) is 0 Å². The lowest BCUT2D eigenvalue weighted by Crippen LogP contribution is -2.12. The van der Waals surface area contributed by atoms with Crippen molar-refractivity contribution in [2.75, 3.05) is 30.0 Å². The Hall–Kier alpha value is -4.39. The summed E-state index contributed by atoms with van der Waals surface area (Å²) in [5.74, 6) is 2.15. The molecule has 0 radical (unpaired) electrons. The number of anilines is 4. The molecule has 4 aromatic rings. The maximum Gasteiger partial charge on any atom is 0.145 e. The second-order valence-corrected chi connectivity index (χ2v) is 7.36. The molecule has 0 atom stereocenters. The van der Waals surface area contributed by atoms with Crippen LogP contribution >= 0.6 is 0 Å². The quantitative estimate of drug-likeness (QED) is 0.358. The highest BCUT2D eigenvalue weighted by atomic mass is 16.5. The number of nitrogens with one attached hydrogen (secondary N) is 2. The van der Waals surface area contributed by atoms with Crippen molar-refractivity contribution in [2.24, 2.45) is 0 Å². The average Bonchev–Trinajstić information content (AvgIpc) is 2.80. The molecule has 0 saturated heterocycles. The number of hydrogen-bond acceptors (Lipinski definition) is 7. The molecular formula is C25H24N6O. The smallest absolute Gasteiger partial charge is 0.145 e. The first-order valence-electron chi connectivity index (χ1n) is 10.1. The topological polar surface area (TPSA) is 100 Å². The van der Waals surface area contributed by atoms with Crippen LogP contribution in [0.5, 0.6) is 11.5 Å². The summed E-state index contributed by atoms with van der Waals surface area (Å²) in [7, 11) is 3.98. The molecule has 0 unspecified atom stereocenters. The molecule has 4 N–H and O–H groups in total. The zero-order valence-corrected chi connectivity index (χ0v) is 17.9. The summed E-state index contributed by atoms with van der Waals surface area (Å²) >= 11 is 0. The van der Waals surface area contributed by atoms with Gasteiger partial charge in [-0.1, -0.05) is 18.2 Å². The van der Waals surface area contributed by atoms with Crippen LogP contribution in [-0.4, -0.2) is 29.8 Å². The van der Waals surface area contributed by atoms with E-state index < -0.39 is 0 Å². The molecule has 1 heterocycles. The van der Waals surface area contributed by atoms with Crippen LogP contribution in [0.3, 0.4) is 0 Å². The van der Waals surface area contributed by atoms with Crippen molar-refractivity contribution >= 4 is 28.7 Å². The molecule has 0 aliphatic heterocycles. The zero-order chi connectivity index (χ0) is 22.5. The van der Waals surface area contributed by atoms with E-state index in [0.717, 1.165) is 17.1 Å². The Morgan fingerprint density at radius 2 is 1.53 bits per heavy atom. The van der Waals surface area contributed by atoms with Crippen molar-refractivity contribution in [3.8, 4) is 11.5 Å². The molecule has 7 nitrogen and oxygen atoms in total. The normalized spacial score (nSPS) is 10.4. The highest BCUT2D eigenvalue weighted by Gasteiger charge is 2.17. The third-order valence-corrected chi connectivity index (χ3v) is 4.89. The van der Waals surface area contributed by atoms with Gasteiger partial charge in [0.1, 0.15) is 29.5 Å². The van der Waals surface area contributed by atoms with Gasteiger partial charge < -0.3 is 20.7 Å². The number of rotatable bonds is 7. The largest absolute Gasteiger partial charge is 0.457 e. The van der Waals surface area contributed by atoms with Gasteiger partial charge in [0.05, 0.1) is 11.3 Å². The van der Waals surface area contributed by atoms with Gasteiger partial charge in [0.15, 0.2) is 0 Å². The van der Waals surface area contributed by atoms with Crippen LogP contribution in [0.2, 0.25) is 0 Å². The molecule has 4 rings (SSSR count). The van der Waals surface area contributed by atoms with E-state index in [4.69, 9.17) is 15.9 Å². The van der Waals surface area contributed by atoms with Crippen LogP contribution in [0.1, 0.15) is 11.1 Å². The second kappa shape index (κ2) is 9.18. The number of para-hydroxylation sites is 1. The molecular weight excluding hydrogens is 400 g/mol. The van der Waals surface area contributed by atoms with Crippen LogP contribution < -0.4 is 20.7 Å². The Morgan fingerprint density at radius 1 is 0.875 bits per heavy atom. The highest BCUT2D eigenvalue weighted by molar-refractivity contribution is 6.16. The molecule has 0 saturated carbocycles. The molecule has 0 fully saturated rings. The van der Waals surface area contributed by atoms with E-state index >= 15 is 0 Å². The van der Waals surface area contributed by atoms with E-state index in [0.29, 0.717) is 22.7 Å². The lowest BCUT2D eigenvalue weighted by molar-refractivity contribution is 0.482. The van der Waals surface area contributed by atoms with Gasteiger partial charge in [0.2, 0.25) is 0 Å². The van der Waals surface area contributed by atoms with Crippen molar-refractivity contribution in [1.29, 1.82) is 5.41 Å². The molecule has 0 aliphatic rings.